The third-order valence-corrected chi connectivity index (χ3v) is 4.38. The van der Waals surface area contributed by atoms with Crippen LogP contribution in [-0.4, -0.2) is 34.8 Å². The molecule has 29 heavy (non-hydrogen) atoms. The van der Waals surface area contributed by atoms with Crippen LogP contribution in [0.2, 0.25) is 0 Å². The normalized spacial score (nSPS) is 18.7. The molecule has 1 saturated heterocycles. The number of rotatable bonds is 7. The predicted octanol–water partition coefficient (Wildman–Crippen LogP) is 1.76. The van der Waals surface area contributed by atoms with Crippen molar-refractivity contribution in [2.45, 2.75) is 25.4 Å². The molecule has 2 atom stereocenters. The van der Waals surface area contributed by atoms with Crippen LogP contribution in [0.4, 0.5) is 5.69 Å². The van der Waals surface area contributed by atoms with E-state index in [1.807, 2.05) is 6.92 Å². The second-order valence-corrected chi connectivity index (χ2v) is 6.38. The number of benzene rings is 2. The van der Waals surface area contributed by atoms with E-state index in [0.29, 0.717) is 24.3 Å². The molecule has 1 amide bonds. The maximum absolute atomic E-state index is 12.3. The lowest BCUT2D eigenvalue weighted by Gasteiger charge is -2.09. The molecule has 1 aliphatic rings. The molecule has 0 radical (unpaired) electrons. The van der Waals surface area contributed by atoms with Crippen LogP contribution in [0.25, 0.3) is 0 Å². The van der Waals surface area contributed by atoms with Crippen LogP contribution in [0.5, 0.6) is 11.5 Å². The van der Waals surface area contributed by atoms with Gasteiger partial charge in [-0.3, -0.25) is 14.9 Å². The number of ether oxygens (including phenoxy) is 1. The fourth-order valence-corrected chi connectivity index (χ4v) is 2.93. The van der Waals surface area contributed by atoms with Crippen LogP contribution >= 0.6 is 0 Å². The Kier molecular flexibility index (Phi) is 6.37. The number of non-ortho nitro benzene ring substituents is 1. The number of nitro groups is 1. The van der Waals surface area contributed by atoms with E-state index in [4.69, 9.17) is 4.74 Å². The zero-order chi connectivity index (χ0) is 20.8. The van der Waals surface area contributed by atoms with Gasteiger partial charge in [0.15, 0.2) is 11.5 Å². The van der Waals surface area contributed by atoms with Gasteiger partial charge >= 0.3 is 0 Å². The number of hydrazone groups is 1. The largest absolute Gasteiger partial charge is 0.504 e. The molecule has 10 heteroatoms. The first-order chi connectivity index (χ1) is 14.0. The Morgan fingerprint density at radius 3 is 2.97 bits per heavy atom. The summed E-state index contributed by atoms with van der Waals surface area (Å²) in [4.78, 5) is 22.8. The molecule has 3 rings (SSSR count). The van der Waals surface area contributed by atoms with Crippen LogP contribution in [0.1, 0.15) is 30.5 Å². The van der Waals surface area contributed by atoms with E-state index in [2.05, 4.69) is 21.4 Å². The lowest BCUT2D eigenvalue weighted by atomic mass is 10.0. The van der Waals surface area contributed by atoms with Crippen molar-refractivity contribution in [3.63, 3.8) is 0 Å². The van der Waals surface area contributed by atoms with Crippen molar-refractivity contribution < 1.29 is 19.6 Å². The first kappa shape index (κ1) is 20.2. The van der Waals surface area contributed by atoms with E-state index in [1.54, 1.807) is 24.3 Å². The molecule has 10 nitrogen and oxygen atoms in total. The second-order valence-electron chi connectivity index (χ2n) is 6.38. The third kappa shape index (κ3) is 5.06. The quantitative estimate of drug-likeness (QED) is 0.316. The molecular weight excluding hydrogens is 378 g/mol. The van der Waals surface area contributed by atoms with Crippen molar-refractivity contribution in [1.82, 2.24) is 16.3 Å². The minimum atomic E-state index is -0.546. The smallest absolute Gasteiger partial charge is 0.269 e. The maximum Gasteiger partial charge on any atom is 0.269 e. The highest BCUT2D eigenvalue weighted by Gasteiger charge is 2.30. The van der Waals surface area contributed by atoms with Crippen LogP contribution in [0.15, 0.2) is 47.6 Å². The Hall–Kier alpha value is -3.50. The van der Waals surface area contributed by atoms with Gasteiger partial charge in [-0.05, 0) is 42.7 Å². The van der Waals surface area contributed by atoms with E-state index in [9.17, 15) is 20.0 Å². The Morgan fingerprint density at radius 1 is 1.38 bits per heavy atom. The second kappa shape index (κ2) is 9.13. The van der Waals surface area contributed by atoms with Gasteiger partial charge in [-0.2, -0.15) is 5.10 Å². The Bertz CT molecular complexity index is 933. The zero-order valence-electron chi connectivity index (χ0n) is 15.7. The van der Waals surface area contributed by atoms with Gasteiger partial charge in [0.1, 0.15) is 6.04 Å². The third-order valence-electron chi connectivity index (χ3n) is 4.38. The highest BCUT2D eigenvalue weighted by atomic mass is 16.6. The molecule has 0 spiro atoms. The van der Waals surface area contributed by atoms with Crippen molar-refractivity contribution in [1.29, 1.82) is 0 Å². The number of carbonyl (C=O) groups excluding carboxylic acids is 1. The number of carbonyl (C=O) groups is 1. The molecule has 1 fully saturated rings. The molecule has 2 aromatic carbocycles. The Balaban J connectivity index is 1.57. The Morgan fingerprint density at radius 2 is 2.21 bits per heavy atom. The van der Waals surface area contributed by atoms with Crippen molar-refractivity contribution in [2.75, 3.05) is 6.61 Å². The minimum absolute atomic E-state index is 0.00196. The molecule has 2 unspecified atom stereocenters. The van der Waals surface area contributed by atoms with Gasteiger partial charge in [0.25, 0.3) is 11.6 Å². The summed E-state index contributed by atoms with van der Waals surface area (Å²) in [6, 6.07) is 10.2. The molecule has 1 heterocycles. The molecule has 4 N–H and O–H groups in total. The van der Waals surface area contributed by atoms with Crippen molar-refractivity contribution >= 4 is 17.8 Å². The van der Waals surface area contributed by atoms with E-state index in [0.717, 1.165) is 5.56 Å². The number of nitrogens with one attached hydrogen (secondary N) is 3. The predicted molar refractivity (Wildman–Crippen MR) is 106 cm³/mol. The van der Waals surface area contributed by atoms with Gasteiger partial charge < -0.3 is 9.84 Å². The standard InChI is InChI=1S/C19H21N5O5/c1-2-29-18-8-12(6-7-17(18)25)11-20-23-19(26)16-10-15(21-22-16)13-4-3-5-14(9-13)24(27)28/h3-9,11,15-16,21-22,25H,2,10H2,1H3,(H,23,26)/b20-11+. The van der Waals surface area contributed by atoms with E-state index < -0.39 is 11.0 Å². The number of hydrazine groups is 1. The van der Waals surface area contributed by atoms with Gasteiger partial charge in [-0.25, -0.2) is 16.3 Å². The van der Waals surface area contributed by atoms with E-state index >= 15 is 0 Å². The van der Waals surface area contributed by atoms with Gasteiger partial charge in [0.05, 0.1) is 17.7 Å². The fourth-order valence-electron chi connectivity index (χ4n) is 2.93. The molecular formula is C19H21N5O5. The summed E-state index contributed by atoms with van der Waals surface area (Å²) in [5.74, 6) is 0.0242. The average molecular weight is 399 g/mol. The summed E-state index contributed by atoms with van der Waals surface area (Å²) in [7, 11) is 0. The number of nitro benzene ring substituents is 1. The summed E-state index contributed by atoms with van der Waals surface area (Å²) in [6.45, 7) is 2.22. The molecule has 1 aliphatic heterocycles. The van der Waals surface area contributed by atoms with Gasteiger partial charge in [-0.15, -0.1) is 0 Å². The van der Waals surface area contributed by atoms with Crippen LogP contribution in [-0.2, 0) is 4.79 Å². The van der Waals surface area contributed by atoms with Gasteiger partial charge in [-0.1, -0.05) is 12.1 Å². The average Bonchev–Trinajstić information content (AvgIpc) is 3.21. The SMILES string of the molecule is CCOc1cc(/C=N/NC(=O)C2CC(c3cccc([N+](=O)[O-])c3)NN2)ccc1O. The number of hydrogen-bond donors (Lipinski definition) is 4. The van der Waals surface area contributed by atoms with E-state index in [-0.39, 0.29) is 23.4 Å². The molecule has 0 bridgehead atoms. The molecule has 0 aromatic heterocycles. The van der Waals surface area contributed by atoms with Crippen molar-refractivity contribution in [3.8, 4) is 11.5 Å². The summed E-state index contributed by atoms with van der Waals surface area (Å²) in [5, 5.41) is 24.6. The lowest BCUT2D eigenvalue weighted by molar-refractivity contribution is -0.384. The topological polar surface area (TPSA) is 138 Å². The number of phenols is 1. The first-order valence-corrected chi connectivity index (χ1v) is 9.02. The molecule has 152 valence electrons. The van der Waals surface area contributed by atoms with Crippen molar-refractivity contribution in [2.24, 2.45) is 5.10 Å². The Labute approximate surface area is 166 Å². The van der Waals surface area contributed by atoms with Crippen molar-refractivity contribution in [3.05, 3.63) is 63.7 Å². The minimum Gasteiger partial charge on any atom is -0.504 e. The maximum atomic E-state index is 12.3. The monoisotopic (exact) mass is 399 g/mol. The number of hydrogen-bond acceptors (Lipinski definition) is 8. The summed E-state index contributed by atoms with van der Waals surface area (Å²) in [6.07, 6.45) is 1.86. The lowest BCUT2D eigenvalue weighted by Crippen LogP contribution is -2.41. The molecule has 2 aromatic rings. The van der Waals surface area contributed by atoms with Gasteiger partial charge in [0, 0.05) is 18.2 Å². The number of phenolic OH excluding ortho intramolecular Hbond substituents is 1. The fraction of sp³-hybridized carbons (Fsp3) is 0.263. The summed E-state index contributed by atoms with van der Waals surface area (Å²) >= 11 is 0. The number of aromatic hydroxyl groups is 1. The van der Waals surface area contributed by atoms with Crippen LogP contribution in [0, 0.1) is 10.1 Å². The highest BCUT2D eigenvalue weighted by molar-refractivity contribution is 5.85. The number of amides is 1. The van der Waals surface area contributed by atoms with E-state index in [1.165, 1.54) is 24.4 Å². The number of nitrogens with zero attached hydrogens (tertiary/aromatic N) is 2. The molecule has 0 aliphatic carbocycles. The van der Waals surface area contributed by atoms with Crippen LogP contribution < -0.4 is 21.0 Å². The van der Waals surface area contributed by atoms with Crippen LogP contribution in [0.3, 0.4) is 0 Å². The first-order valence-electron chi connectivity index (χ1n) is 9.02. The zero-order valence-corrected chi connectivity index (χ0v) is 15.7. The summed E-state index contributed by atoms with van der Waals surface area (Å²) in [5.41, 5.74) is 9.68. The summed E-state index contributed by atoms with van der Waals surface area (Å²) < 4.78 is 5.30. The molecule has 0 saturated carbocycles. The van der Waals surface area contributed by atoms with Gasteiger partial charge in [0.2, 0.25) is 0 Å². The highest BCUT2D eigenvalue weighted by Crippen LogP contribution is 2.26.